The molecule has 1 N–H and O–H groups in total. The normalized spacial score (nSPS) is 20.6. The van der Waals surface area contributed by atoms with E-state index in [1.807, 2.05) is 22.6 Å². The number of ether oxygens (including phenoxy) is 2. The Bertz CT molecular complexity index is 519. The third-order valence-electron chi connectivity index (χ3n) is 2.84. The lowest BCUT2D eigenvalue weighted by molar-refractivity contribution is 0.0212. The van der Waals surface area contributed by atoms with Gasteiger partial charge in [0.15, 0.2) is 11.5 Å². The molecule has 2 aromatic rings. The van der Waals surface area contributed by atoms with E-state index in [1.165, 1.54) is 0 Å². The topological polar surface area (TPSA) is 60.7 Å². The summed E-state index contributed by atoms with van der Waals surface area (Å²) in [4.78, 5) is 0. The molecular formula is C11H14N4O2. The van der Waals surface area contributed by atoms with Gasteiger partial charge in [0, 0.05) is 13.1 Å². The summed E-state index contributed by atoms with van der Waals surface area (Å²) in [5, 5.41) is 11.6. The monoisotopic (exact) mass is 234 g/mol. The fourth-order valence-corrected chi connectivity index (χ4v) is 2.03. The largest absolute Gasteiger partial charge is 0.482 e. The summed E-state index contributed by atoms with van der Waals surface area (Å²) in [7, 11) is 1.64. The highest BCUT2D eigenvalue weighted by Crippen LogP contribution is 2.22. The number of rotatable bonds is 2. The molecule has 17 heavy (non-hydrogen) atoms. The van der Waals surface area contributed by atoms with E-state index < -0.39 is 0 Å². The van der Waals surface area contributed by atoms with E-state index >= 15 is 0 Å². The Hall–Kier alpha value is -1.66. The molecule has 2 aromatic heterocycles. The first-order chi connectivity index (χ1) is 8.40. The number of hydrogen-bond donors (Lipinski definition) is 1. The summed E-state index contributed by atoms with van der Waals surface area (Å²) in [5.41, 5.74) is 0.772. The minimum Gasteiger partial charge on any atom is -0.482 e. The highest BCUT2D eigenvalue weighted by molar-refractivity contribution is 5.42. The SMILES string of the molecule is COc1cccc2nnc(C3CNCCO3)n12. The Labute approximate surface area is 98.6 Å². The van der Waals surface area contributed by atoms with Gasteiger partial charge in [-0.2, -0.15) is 0 Å². The van der Waals surface area contributed by atoms with Crippen LogP contribution in [-0.4, -0.2) is 41.4 Å². The predicted octanol–water partition coefficient (Wildman–Crippen LogP) is 0.399. The number of methoxy groups -OCH3 is 1. The highest BCUT2D eigenvalue weighted by atomic mass is 16.5. The molecule has 0 amide bonds. The first-order valence-corrected chi connectivity index (χ1v) is 5.60. The molecule has 6 heteroatoms. The molecule has 90 valence electrons. The van der Waals surface area contributed by atoms with Crippen LogP contribution in [0.15, 0.2) is 18.2 Å². The van der Waals surface area contributed by atoms with Crippen molar-refractivity contribution in [1.29, 1.82) is 0 Å². The molecule has 1 atom stereocenters. The number of nitrogens with zero attached hydrogens (tertiary/aromatic N) is 3. The van der Waals surface area contributed by atoms with Gasteiger partial charge >= 0.3 is 0 Å². The lowest BCUT2D eigenvalue weighted by Crippen LogP contribution is -2.34. The maximum Gasteiger partial charge on any atom is 0.200 e. The van der Waals surface area contributed by atoms with Gasteiger partial charge in [-0.1, -0.05) is 6.07 Å². The molecule has 0 aromatic carbocycles. The second-order valence-corrected chi connectivity index (χ2v) is 3.88. The van der Waals surface area contributed by atoms with Crippen LogP contribution in [-0.2, 0) is 4.74 Å². The summed E-state index contributed by atoms with van der Waals surface area (Å²) in [6.45, 7) is 2.32. The lowest BCUT2D eigenvalue weighted by atomic mass is 10.3. The van der Waals surface area contributed by atoms with E-state index in [0.29, 0.717) is 6.61 Å². The maximum atomic E-state index is 5.69. The van der Waals surface area contributed by atoms with E-state index in [-0.39, 0.29) is 6.10 Å². The number of nitrogens with one attached hydrogen (secondary N) is 1. The van der Waals surface area contributed by atoms with Crippen molar-refractivity contribution < 1.29 is 9.47 Å². The molecule has 6 nitrogen and oxygen atoms in total. The maximum absolute atomic E-state index is 5.69. The second kappa shape index (κ2) is 4.31. The summed E-state index contributed by atoms with van der Waals surface area (Å²) in [6.07, 6.45) is -0.0740. The third kappa shape index (κ3) is 1.75. The van der Waals surface area contributed by atoms with Crippen molar-refractivity contribution in [2.24, 2.45) is 0 Å². The van der Waals surface area contributed by atoms with E-state index in [2.05, 4.69) is 15.5 Å². The molecule has 0 spiro atoms. The molecular weight excluding hydrogens is 220 g/mol. The van der Waals surface area contributed by atoms with Crippen LogP contribution in [0.5, 0.6) is 5.88 Å². The first kappa shape index (κ1) is 10.5. The molecule has 0 radical (unpaired) electrons. The highest BCUT2D eigenvalue weighted by Gasteiger charge is 2.22. The Kier molecular flexibility index (Phi) is 2.66. The van der Waals surface area contributed by atoms with Gasteiger partial charge < -0.3 is 14.8 Å². The van der Waals surface area contributed by atoms with Crippen LogP contribution in [0.3, 0.4) is 0 Å². The van der Waals surface area contributed by atoms with Gasteiger partial charge in [0.05, 0.1) is 13.7 Å². The zero-order chi connectivity index (χ0) is 11.7. The fraction of sp³-hybridized carbons (Fsp3) is 0.455. The fourth-order valence-electron chi connectivity index (χ4n) is 2.03. The quantitative estimate of drug-likeness (QED) is 0.815. The smallest absolute Gasteiger partial charge is 0.200 e. The van der Waals surface area contributed by atoms with Crippen LogP contribution in [0.2, 0.25) is 0 Å². The van der Waals surface area contributed by atoms with Crippen molar-refractivity contribution in [3.8, 4) is 5.88 Å². The van der Waals surface area contributed by atoms with Crippen LogP contribution in [0.1, 0.15) is 11.9 Å². The van der Waals surface area contributed by atoms with E-state index in [4.69, 9.17) is 9.47 Å². The van der Waals surface area contributed by atoms with E-state index in [9.17, 15) is 0 Å². The van der Waals surface area contributed by atoms with Crippen LogP contribution in [0.4, 0.5) is 0 Å². The molecule has 1 aliphatic heterocycles. The van der Waals surface area contributed by atoms with Gasteiger partial charge in [-0.15, -0.1) is 10.2 Å². The standard InChI is InChI=1S/C11H14N4O2/c1-16-10-4-2-3-9-13-14-11(15(9)10)8-7-12-5-6-17-8/h2-4,8,12H,5-7H2,1H3. The Morgan fingerprint density at radius 3 is 3.18 bits per heavy atom. The molecule has 1 fully saturated rings. The van der Waals surface area contributed by atoms with E-state index in [1.54, 1.807) is 7.11 Å². The lowest BCUT2D eigenvalue weighted by Gasteiger charge is -2.22. The van der Waals surface area contributed by atoms with Gasteiger partial charge in [0.25, 0.3) is 0 Å². The van der Waals surface area contributed by atoms with Gasteiger partial charge in [-0.25, -0.2) is 4.40 Å². The Morgan fingerprint density at radius 2 is 2.41 bits per heavy atom. The number of fused-ring (bicyclic) bond motifs is 1. The molecule has 1 saturated heterocycles. The van der Waals surface area contributed by atoms with Crippen LogP contribution < -0.4 is 10.1 Å². The number of hydrogen-bond acceptors (Lipinski definition) is 5. The van der Waals surface area contributed by atoms with Crippen molar-refractivity contribution in [3.63, 3.8) is 0 Å². The van der Waals surface area contributed by atoms with Crippen LogP contribution in [0, 0.1) is 0 Å². The summed E-state index contributed by atoms with van der Waals surface area (Å²) >= 11 is 0. The summed E-state index contributed by atoms with van der Waals surface area (Å²) in [5.74, 6) is 1.50. The zero-order valence-corrected chi connectivity index (χ0v) is 9.59. The Morgan fingerprint density at radius 1 is 1.47 bits per heavy atom. The molecule has 0 saturated carbocycles. The van der Waals surface area contributed by atoms with Crippen molar-refractivity contribution in [1.82, 2.24) is 19.9 Å². The first-order valence-electron chi connectivity index (χ1n) is 5.60. The minimum absolute atomic E-state index is 0.0740. The zero-order valence-electron chi connectivity index (χ0n) is 9.59. The molecule has 0 aliphatic carbocycles. The molecule has 1 aliphatic rings. The summed E-state index contributed by atoms with van der Waals surface area (Å²) < 4.78 is 12.9. The minimum atomic E-state index is -0.0740. The van der Waals surface area contributed by atoms with E-state index in [0.717, 1.165) is 30.4 Å². The van der Waals surface area contributed by atoms with Crippen molar-refractivity contribution in [2.75, 3.05) is 26.8 Å². The Balaban J connectivity index is 2.09. The van der Waals surface area contributed by atoms with Gasteiger partial charge in [-0.05, 0) is 12.1 Å². The average molecular weight is 234 g/mol. The molecule has 3 rings (SSSR count). The molecule has 0 bridgehead atoms. The predicted molar refractivity (Wildman–Crippen MR) is 61.1 cm³/mol. The molecule has 1 unspecified atom stereocenters. The number of morpholine rings is 1. The number of pyridine rings is 1. The van der Waals surface area contributed by atoms with Crippen molar-refractivity contribution >= 4 is 5.65 Å². The van der Waals surface area contributed by atoms with Gasteiger partial charge in [-0.3, -0.25) is 0 Å². The van der Waals surface area contributed by atoms with Crippen molar-refractivity contribution in [3.05, 3.63) is 24.0 Å². The number of aromatic nitrogens is 3. The summed E-state index contributed by atoms with van der Waals surface area (Å²) in [6, 6.07) is 5.68. The third-order valence-corrected chi connectivity index (χ3v) is 2.84. The van der Waals surface area contributed by atoms with Gasteiger partial charge in [0.1, 0.15) is 6.10 Å². The second-order valence-electron chi connectivity index (χ2n) is 3.88. The molecule has 3 heterocycles. The van der Waals surface area contributed by atoms with Crippen LogP contribution >= 0.6 is 0 Å². The van der Waals surface area contributed by atoms with Crippen molar-refractivity contribution in [2.45, 2.75) is 6.10 Å². The van der Waals surface area contributed by atoms with Crippen LogP contribution in [0.25, 0.3) is 5.65 Å². The van der Waals surface area contributed by atoms with Gasteiger partial charge in [0.2, 0.25) is 5.88 Å². The average Bonchev–Trinajstić information content (AvgIpc) is 2.83.